The lowest BCUT2D eigenvalue weighted by molar-refractivity contribution is 0.321. The van der Waals surface area contributed by atoms with Gasteiger partial charge in [0.05, 0.1) is 6.61 Å². The molecule has 1 aromatic heterocycles. The van der Waals surface area contributed by atoms with Crippen molar-refractivity contribution in [3.05, 3.63) is 35.7 Å². The molecule has 0 saturated heterocycles. The fraction of sp³-hybridized carbons (Fsp3) is 0.500. The van der Waals surface area contributed by atoms with Crippen LogP contribution >= 0.6 is 0 Å². The van der Waals surface area contributed by atoms with E-state index in [1.165, 1.54) is 6.07 Å². The van der Waals surface area contributed by atoms with E-state index in [1.807, 2.05) is 34.6 Å². The molecule has 0 aliphatic carbocycles. The zero-order valence-corrected chi connectivity index (χ0v) is 13.6. The Morgan fingerprint density at radius 2 is 2.09 bits per heavy atom. The average Bonchev–Trinajstić information content (AvgIpc) is 2.92. The Bertz CT molecular complexity index is 635. The van der Waals surface area contributed by atoms with Gasteiger partial charge in [-0.1, -0.05) is 25.9 Å². The first-order valence-electron chi connectivity index (χ1n) is 7.34. The Hall–Kier alpha value is -2.11. The van der Waals surface area contributed by atoms with Crippen LogP contribution in [0.2, 0.25) is 0 Å². The molecule has 0 amide bonds. The summed E-state index contributed by atoms with van der Waals surface area (Å²) in [5.41, 5.74) is 0.455. The van der Waals surface area contributed by atoms with Crippen molar-refractivity contribution in [1.29, 1.82) is 0 Å². The van der Waals surface area contributed by atoms with Gasteiger partial charge in [0.1, 0.15) is 6.04 Å². The number of hydrogen-bond acceptors (Lipinski definition) is 5. The van der Waals surface area contributed by atoms with Crippen LogP contribution < -0.4 is 10.1 Å². The molecule has 0 bridgehead atoms. The SMILES string of the molecule is CCOc1ccc(NC(C)c2nc(C(C)(C)C)no2)cc1F. The number of halogens is 1. The quantitative estimate of drug-likeness (QED) is 0.902. The van der Waals surface area contributed by atoms with Crippen LogP contribution in [-0.4, -0.2) is 16.7 Å². The maximum Gasteiger partial charge on any atom is 0.248 e. The van der Waals surface area contributed by atoms with Gasteiger partial charge < -0.3 is 14.6 Å². The van der Waals surface area contributed by atoms with Gasteiger partial charge >= 0.3 is 0 Å². The van der Waals surface area contributed by atoms with E-state index in [2.05, 4.69) is 15.5 Å². The Labute approximate surface area is 129 Å². The van der Waals surface area contributed by atoms with Crippen molar-refractivity contribution in [2.75, 3.05) is 11.9 Å². The van der Waals surface area contributed by atoms with Crippen molar-refractivity contribution in [2.45, 2.75) is 46.1 Å². The molecule has 0 spiro atoms. The van der Waals surface area contributed by atoms with E-state index in [1.54, 1.807) is 12.1 Å². The lowest BCUT2D eigenvalue weighted by Crippen LogP contribution is -2.14. The molecule has 0 saturated carbocycles. The van der Waals surface area contributed by atoms with Crippen molar-refractivity contribution in [2.24, 2.45) is 0 Å². The van der Waals surface area contributed by atoms with E-state index in [4.69, 9.17) is 9.26 Å². The third kappa shape index (κ3) is 3.75. The van der Waals surface area contributed by atoms with Gasteiger partial charge in [-0.2, -0.15) is 4.98 Å². The minimum atomic E-state index is -0.403. The normalized spacial score (nSPS) is 13.0. The number of hydrogen-bond donors (Lipinski definition) is 1. The van der Waals surface area contributed by atoms with Crippen LogP contribution in [0.25, 0.3) is 0 Å². The zero-order chi connectivity index (χ0) is 16.3. The summed E-state index contributed by atoms with van der Waals surface area (Å²) in [6, 6.07) is 4.53. The Morgan fingerprint density at radius 1 is 1.36 bits per heavy atom. The predicted octanol–water partition coefficient (Wildman–Crippen LogP) is 4.08. The van der Waals surface area contributed by atoms with Crippen molar-refractivity contribution in [1.82, 2.24) is 10.1 Å². The van der Waals surface area contributed by atoms with Crippen molar-refractivity contribution < 1.29 is 13.7 Å². The molecule has 0 aliphatic heterocycles. The van der Waals surface area contributed by atoms with Crippen molar-refractivity contribution in [3.63, 3.8) is 0 Å². The minimum Gasteiger partial charge on any atom is -0.491 e. The summed E-state index contributed by atoms with van der Waals surface area (Å²) in [6.07, 6.45) is 0. The summed E-state index contributed by atoms with van der Waals surface area (Å²) in [6.45, 7) is 10.2. The number of aromatic nitrogens is 2. The molecule has 2 aromatic rings. The number of ether oxygens (including phenoxy) is 1. The van der Waals surface area contributed by atoms with Gasteiger partial charge in [0, 0.05) is 17.2 Å². The van der Waals surface area contributed by atoms with Crippen molar-refractivity contribution >= 4 is 5.69 Å². The smallest absolute Gasteiger partial charge is 0.248 e. The highest BCUT2D eigenvalue weighted by Crippen LogP contribution is 2.25. The summed E-state index contributed by atoms with van der Waals surface area (Å²) < 4.78 is 24.3. The summed E-state index contributed by atoms with van der Waals surface area (Å²) in [5.74, 6) is 0.960. The monoisotopic (exact) mass is 307 g/mol. The summed E-state index contributed by atoms with van der Waals surface area (Å²) in [5, 5.41) is 7.13. The second kappa shape index (κ2) is 6.34. The van der Waals surface area contributed by atoms with E-state index >= 15 is 0 Å². The topological polar surface area (TPSA) is 60.2 Å². The molecule has 5 nitrogen and oxygen atoms in total. The van der Waals surface area contributed by atoms with Crippen LogP contribution in [0.15, 0.2) is 22.7 Å². The lowest BCUT2D eigenvalue weighted by Gasteiger charge is -2.13. The highest BCUT2D eigenvalue weighted by Gasteiger charge is 2.23. The van der Waals surface area contributed by atoms with Gasteiger partial charge in [-0.25, -0.2) is 4.39 Å². The molecule has 6 heteroatoms. The maximum absolute atomic E-state index is 13.8. The fourth-order valence-corrected chi connectivity index (χ4v) is 1.89. The maximum atomic E-state index is 13.8. The van der Waals surface area contributed by atoms with Gasteiger partial charge in [-0.15, -0.1) is 0 Å². The molecule has 1 aromatic carbocycles. The van der Waals surface area contributed by atoms with E-state index in [9.17, 15) is 4.39 Å². The van der Waals surface area contributed by atoms with Crippen LogP contribution in [0, 0.1) is 5.82 Å². The standard InChI is InChI=1S/C16H22FN3O2/c1-6-21-13-8-7-11(9-12(13)17)18-10(2)14-19-15(20-22-14)16(3,4)5/h7-10,18H,6H2,1-5H3. The molecule has 1 unspecified atom stereocenters. The zero-order valence-electron chi connectivity index (χ0n) is 13.6. The highest BCUT2D eigenvalue weighted by atomic mass is 19.1. The van der Waals surface area contributed by atoms with Crippen molar-refractivity contribution in [3.8, 4) is 5.75 Å². The summed E-state index contributed by atoms with van der Waals surface area (Å²) in [4.78, 5) is 4.39. The molecule has 120 valence electrons. The van der Waals surface area contributed by atoms with E-state index in [0.717, 1.165) is 0 Å². The molecule has 2 rings (SSSR count). The molecular weight excluding hydrogens is 285 g/mol. The molecule has 1 N–H and O–H groups in total. The second-order valence-electron chi connectivity index (χ2n) is 6.15. The third-order valence-corrected chi connectivity index (χ3v) is 3.10. The molecule has 1 heterocycles. The molecule has 0 radical (unpaired) electrons. The molecular formula is C16H22FN3O2. The minimum absolute atomic E-state index is 0.174. The molecule has 0 fully saturated rings. The Kier molecular flexibility index (Phi) is 4.68. The van der Waals surface area contributed by atoms with Crippen LogP contribution in [0.4, 0.5) is 10.1 Å². The predicted molar refractivity (Wildman–Crippen MR) is 82.6 cm³/mol. The summed E-state index contributed by atoms with van der Waals surface area (Å²) >= 11 is 0. The largest absolute Gasteiger partial charge is 0.491 e. The number of nitrogens with zero attached hydrogens (tertiary/aromatic N) is 2. The lowest BCUT2D eigenvalue weighted by atomic mass is 9.96. The Balaban J connectivity index is 2.10. The first kappa shape index (κ1) is 16.3. The van der Waals surface area contributed by atoms with Gasteiger partial charge in [-0.05, 0) is 26.0 Å². The van der Waals surface area contributed by atoms with Gasteiger partial charge in [0.15, 0.2) is 17.4 Å². The Morgan fingerprint density at radius 3 is 2.64 bits per heavy atom. The number of anilines is 1. The number of nitrogens with one attached hydrogen (secondary N) is 1. The van der Waals surface area contributed by atoms with Crippen LogP contribution in [0.5, 0.6) is 5.75 Å². The van der Waals surface area contributed by atoms with Gasteiger partial charge in [-0.3, -0.25) is 0 Å². The first-order chi connectivity index (χ1) is 10.3. The van der Waals surface area contributed by atoms with Gasteiger partial charge in [0.2, 0.25) is 5.89 Å². The molecule has 1 atom stereocenters. The third-order valence-electron chi connectivity index (χ3n) is 3.10. The molecule has 0 aliphatic rings. The average molecular weight is 307 g/mol. The fourth-order valence-electron chi connectivity index (χ4n) is 1.89. The van der Waals surface area contributed by atoms with Crippen LogP contribution in [-0.2, 0) is 5.41 Å². The summed E-state index contributed by atoms with van der Waals surface area (Å²) in [7, 11) is 0. The number of benzene rings is 1. The highest BCUT2D eigenvalue weighted by molar-refractivity contribution is 5.48. The van der Waals surface area contributed by atoms with E-state index in [0.29, 0.717) is 24.0 Å². The van der Waals surface area contributed by atoms with E-state index < -0.39 is 5.82 Å². The first-order valence-corrected chi connectivity index (χ1v) is 7.34. The van der Waals surface area contributed by atoms with Crippen LogP contribution in [0.1, 0.15) is 52.4 Å². The second-order valence-corrected chi connectivity index (χ2v) is 6.15. The number of rotatable bonds is 5. The molecule has 22 heavy (non-hydrogen) atoms. The van der Waals surface area contributed by atoms with E-state index in [-0.39, 0.29) is 17.2 Å². The van der Waals surface area contributed by atoms with Gasteiger partial charge in [0.25, 0.3) is 0 Å². The van der Waals surface area contributed by atoms with Crippen LogP contribution in [0.3, 0.4) is 0 Å².